The largest absolute Gasteiger partial charge is 0.465 e. The highest BCUT2D eigenvalue weighted by Gasteiger charge is 2.33. The molecule has 1 aliphatic heterocycles. The van der Waals surface area contributed by atoms with Crippen LogP contribution in [0.3, 0.4) is 0 Å². The van der Waals surface area contributed by atoms with Crippen molar-refractivity contribution >= 4 is 11.9 Å². The predicted octanol–water partition coefficient (Wildman–Crippen LogP) is 6.38. The fourth-order valence-electron chi connectivity index (χ4n) is 3.90. The van der Waals surface area contributed by atoms with E-state index in [-0.39, 0.29) is 30.5 Å². The number of alkyl halides is 3. The molecule has 0 unspecified atom stereocenters. The Morgan fingerprint density at radius 2 is 1.56 bits per heavy atom. The van der Waals surface area contributed by atoms with Gasteiger partial charge < -0.3 is 9.64 Å². The second-order valence-electron chi connectivity index (χ2n) is 8.44. The van der Waals surface area contributed by atoms with Gasteiger partial charge in [-0.25, -0.2) is 4.39 Å². The molecule has 0 N–H and O–H groups in total. The van der Waals surface area contributed by atoms with Gasteiger partial charge in [-0.15, -0.1) is 0 Å². The van der Waals surface area contributed by atoms with Crippen LogP contribution < -0.4 is 0 Å². The van der Waals surface area contributed by atoms with Gasteiger partial charge in [-0.3, -0.25) is 9.59 Å². The van der Waals surface area contributed by atoms with E-state index in [1.807, 2.05) is 0 Å². The van der Waals surface area contributed by atoms with Gasteiger partial charge in [-0.2, -0.15) is 13.2 Å². The minimum Gasteiger partial charge on any atom is -0.465 e. The third-order valence-electron chi connectivity index (χ3n) is 5.83. The van der Waals surface area contributed by atoms with E-state index in [9.17, 15) is 27.2 Å². The minimum absolute atomic E-state index is 0.216. The van der Waals surface area contributed by atoms with E-state index in [1.54, 1.807) is 0 Å². The lowest BCUT2D eigenvalue weighted by Crippen LogP contribution is -2.40. The topological polar surface area (TPSA) is 46.6 Å². The molecule has 1 aromatic carbocycles. The predicted molar refractivity (Wildman–Crippen MR) is 114 cm³/mol. The maximum atomic E-state index is 13.6. The number of hydrogen-bond donors (Lipinski definition) is 0. The quantitative estimate of drug-likeness (QED) is 0.219. The van der Waals surface area contributed by atoms with E-state index in [4.69, 9.17) is 4.74 Å². The number of esters is 1. The maximum absolute atomic E-state index is 13.6. The highest BCUT2D eigenvalue weighted by Crippen LogP contribution is 2.31. The molecule has 0 radical (unpaired) electrons. The van der Waals surface area contributed by atoms with Crippen molar-refractivity contribution < 1.29 is 31.9 Å². The standard InChI is InChI=1S/C24H33F4NO3/c1-2-3-4-5-6-7-8-9-14-32-23(31)18-10-12-29(13-11-18)22(30)19-15-20(24(26,27)28)17-21(25)16-19/h15-18H,2-14H2,1H3. The zero-order chi connectivity index (χ0) is 23.6. The van der Waals surface area contributed by atoms with Crippen molar-refractivity contribution in [3.8, 4) is 0 Å². The maximum Gasteiger partial charge on any atom is 0.416 e. The Hall–Kier alpha value is -2.12. The number of amides is 1. The molecule has 1 fully saturated rings. The van der Waals surface area contributed by atoms with E-state index < -0.39 is 23.5 Å². The van der Waals surface area contributed by atoms with Crippen LogP contribution >= 0.6 is 0 Å². The minimum atomic E-state index is -4.73. The van der Waals surface area contributed by atoms with Gasteiger partial charge in [0.1, 0.15) is 5.82 Å². The lowest BCUT2D eigenvalue weighted by atomic mass is 9.96. The molecule has 0 aliphatic carbocycles. The second-order valence-corrected chi connectivity index (χ2v) is 8.44. The van der Waals surface area contributed by atoms with Crippen LogP contribution in [0.2, 0.25) is 0 Å². The van der Waals surface area contributed by atoms with E-state index in [0.717, 1.165) is 25.3 Å². The van der Waals surface area contributed by atoms with Crippen LogP contribution in [0, 0.1) is 11.7 Å². The molecule has 0 atom stereocenters. The summed E-state index contributed by atoms with van der Waals surface area (Å²) in [5.41, 5.74) is -1.53. The van der Waals surface area contributed by atoms with Crippen LogP contribution in [0.4, 0.5) is 17.6 Å². The lowest BCUT2D eigenvalue weighted by molar-refractivity contribution is -0.150. The number of nitrogens with zero attached hydrogens (tertiary/aromatic N) is 1. The first-order valence-electron chi connectivity index (χ1n) is 11.6. The number of benzene rings is 1. The van der Waals surface area contributed by atoms with Crippen molar-refractivity contribution in [3.05, 3.63) is 35.1 Å². The zero-order valence-corrected chi connectivity index (χ0v) is 18.7. The monoisotopic (exact) mass is 459 g/mol. The molecule has 180 valence electrons. The molecule has 1 aliphatic rings. The van der Waals surface area contributed by atoms with E-state index >= 15 is 0 Å². The molecule has 1 aromatic rings. The summed E-state index contributed by atoms with van der Waals surface area (Å²) in [6.45, 7) is 3.01. The van der Waals surface area contributed by atoms with Crippen molar-refractivity contribution in [3.63, 3.8) is 0 Å². The lowest BCUT2D eigenvalue weighted by Gasteiger charge is -2.31. The number of hydrogen-bond acceptors (Lipinski definition) is 3. The number of ether oxygens (including phenoxy) is 1. The summed E-state index contributed by atoms with van der Waals surface area (Å²) in [4.78, 5) is 26.1. The molecule has 0 bridgehead atoms. The molecule has 1 heterocycles. The van der Waals surface area contributed by atoms with Gasteiger partial charge in [-0.05, 0) is 37.5 Å². The summed E-state index contributed by atoms with van der Waals surface area (Å²) >= 11 is 0. The van der Waals surface area contributed by atoms with Gasteiger partial charge in [0.15, 0.2) is 0 Å². The van der Waals surface area contributed by atoms with Crippen LogP contribution in [-0.2, 0) is 15.7 Å². The number of carbonyl (C=O) groups excluding carboxylic acids is 2. The van der Waals surface area contributed by atoms with Crippen LogP contribution in [0.5, 0.6) is 0 Å². The van der Waals surface area contributed by atoms with Crippen LogP contribution in [-0.4, -0.2) is 36.5 Å². The van der Waals surface area contributed by atoms with E-state index in [2.05, 4.69) is 6.92 Å². The van der Waals surface area contributed by atoms with Crippen LogP contribution in [0.15, 0.2) is 18.2 Å². The number of rotatable bonds is 11. The first kappa shape index (κ1) is 26.1. The number of piperidine rings is 1. The molecule has 32 heavy (non-hydrogen) atoms. The highest BCUT2D eigenvalue weighted by atomic mass is 19.4. The van der Waals surface area contributed by atoms with Gasteiger partial charge in [-0.1, -0.05) is 51.9 Å². The Labute approximate surface area is 187 Å². The SMILES string of the molecule is CCCCCCCCCCOC(=O)C1CCN(C(=O)c2cc(F)cc(C(F)(F)F)c2)CC1. The third-order valence-corrected chi connectivity index (χ3v) is 5.83. The number of carbonyl (C=O) groups is 2. The molecular formula is C24H33F4NO3. The Morgan fingerprint density at radius 3 is 2.16 bits per heavy atom. The Kier molecular flexibility index (Phi) is 10.5. The molecule has 0 spiro atoms. The molecule has 0 aromatic heterocycles. The van der Waals surface area contributed by atoms with Gasteiger partial charge in [0.05, 0.1) is 18.1 Å². The summed E-state index contributed by atoms with van der Waals surface area (Å²) in [7, 11) is 0. The molecule has 0 saturated carbocycles. The normalized spacial score (nSPS) is 15.1. The van der Waals surface area contributed by atoms with Gasteiger partial charge in [0, 0.05) is 18.7 Å². The Balaban J connectivity index is 1.71. The molecule has 1 saturated heterocycles. The highest BCUT2D eigenvalue weighted by molar-refractivity contribution is 5.94. The summed E-state index contributed by atoms with van der Waals surface area (Å²) in [5.74, 6) is -2.39. The fraction of sp³-hybridized carbons (Fsp3) is 0.667. The second kappa shape index (κ2) is 12.8. The third kappa shape index (κ3) is 8.43. The molecule has 4 nitrogen and oxygen atoms in total. The summed E-state index contributed by atoms with van der Waals surface area (Å²) in [6.07, 6.45) is 5.25. The summed E-state index contributed by atoms with van der Waals surface area (Å²) < 4.78 is 57.6. The van der Waals surface area contributed by atoms with Gasteiger partial charge in [0.2, 0.25) is 0 Å². The van der Waals surface area contributed by atoms with Crippen LogP contribution in [0.1, 0.15) is 87.1 Å². The van der Waals surface area contributed by atoms with Crippen molar-refractivity contribution in [2.45, 2.75) is 77.3 Å². The van der Waals surface area contributed by atoms with Crippen molar-refractivity contribution in [1.82, 2.24) is 4.90 Å². The van der Waals surface area contributed by atoms with Crippen molar-refractivity contribution in [2.75, 3.05) is 19.7 Å². The number of halogens is 4. The molecule has 8 heteroatoms. The van der Waals surface area contributed by atoms with Gasteiger partial charge in [0.25, 0.3) is 5.91 Å². The summed E-state index contributed by atoms with van der Waals surface area (Å²) in [5, 5.41) is 0. The fourth-order valence-corrected chi connectivity index (χ4v) is 3.90. The smallest absolute Gasteiger partial charge is 0.416 e. The van der Waals surface area contributed by atoms with E-state index in [1.165, 1.54) is 37.0 Å². The average molecular weight is 460 g/mol. The first-order valence-corrected chi connectivity index (χ1v) is 11.6. The molecule has 2 rings (SSSR count). The zero-order valence-electron chi connectivity index (χ0n) is 18.7. The van der Waals surface area contributed by atoms with Crippen molar-refractivity contribution in [2.24, 2.45) is 5.92 Å². The van der Waals surface area contributed by atoms with Crippen molar-refractivity contribution in [1.29, 1.82) is 0 Å². The molecular weight excluding hydrogens is 426 g/mol. The molecule has 1 amide bonds. The number of unbranched alkanes of at least 4 members (excludes halogenated alkanes) is 7. The first-order chi connectivity index (χ1) is 15.2. The Bertz CT molecular complexity index is 743. The van der Waals surface area contributed by atoms with Crippen LogP contribution in [0.25, 0.3) is 0 Å². The Morgan fingerprint density at radius 1 is 0.969 bits per heavy atom. The number of likely N-dealkylation sites (tertiary alicyclic amines) is 1. The summed E-state index contributed by atoms with van der Waals surface area (Å²) in [6, 6.07) is 1.84. The van der Waals surface area contributed by atoms with E-state index in [0.29, 0.717) is 31.6 Å². The van der Waals surface area contributed by atoms with Gasteiger partial charge >= 0.3 is 12.1 Å². The average Bonchev–Trinajstić information content (AvgIpc) is 2.76.